The number of nitrogens with one attached hydrogen (secondary N) is 1. The van der Waals surface area contributed by atoms with E-state index in [-0.39, 0.29) is 28.4 Å². The number of likely N-dealkylation sites (tertiary alicyclic amines) is 1. The molecule has 2 aliphatic heterocycles. The lowest BCUT2D eigenvalue weighted by atomic mass is 9.97. The van der Waals surface area contributed by atoms with E-state index in [0.717, 1.165) is 30.3 Å². The first-order chi connectivity index (χ1) is 21.4. The molecule has 242 valence electrons. The second-order valence-corrected chi connectivity index (χ2v) is 12.7. The lowest BCUT2D eigenvalue weighted by Crippen LogP contribution is -2.37. The highest BCUT2D eigenvalue weighted by atomic mass is 32.1. The van der Waals surface area contributed by atoms with E-state index in [0.29, 0.717) is 62.2 Å². The van der Waals surface area contributed by atoms with Crippen molar-refractivity contribution in [2.24, 2.45) is 5.92 Å². The van der Waals surface area contributed by atoms with Crippen molar-refractivity contribution in [3.8, 4) is 11.3 Å². The highest BCUT2D eigenvalue weighted by Gasteiger charge is 2.35. The van der Waals surface area contributed by atoms with Gasteiger partial charge in [-0.15, -0.1) is 0 Å². The Balaban J connectivity index is 1.34. The molecule has 5 rings (SSSR count). The van der Waals surface area contributed by atoms with Crippen LogP contribution in [0.1, 0.15) is 60.5 Å². The number of hydrogen-bond donors (Lipinski definition) is 1. The molecule has 0 radical (unpaired) electrons. The molecule has 14 heteroatoms. The van der Waals surface area contributed by atoms with Crippen LogP contribution in [0.4, 0.5) is 29.8 Å². The number of hydrogen-bond acceptors (Lipinski definition) is 10. The van der Waals surface area contributed by atoms with Crippen LogP contribution in [0.3, 0.4) is 0 Å². The van der Waals surface area contributed by atoms with E-state index < -0.39 is 17.6 Å². The Morgan fingerprint density at radius 1 is 1.11 bits per heavy atom. The molecule has 3 aromatic rings. The number of piperidine rings is 1. The zero-order chi connectivity index (χ0) is 32.3. The zero-order valence-electron chi connectivity index (χ0n) is 25.9. The quantitative estimate of drug-likeness (QED) is 0.294. The Kier molecular flexibility index (Phi) is 9.92. The van der Waals surface area contributed by atoms with E-state index in [1.165, 1.54) is 34.7 Å². The van der Waals surface area contributed by atoms with E-state index >= 15 is 0 Å². The van der Waals surface area contributed by atoms with Gasteiger partial charge in [0.25, 0.3) is 5.91 Å². The normalized spacial score (nSPS) is 17.8. The Bertz CT molecular complexity index is 1510. The summed E-state index contributed by atoms with van der Waals surface area (Å²) >= 11 is 1.25. The Morgan fingerprint density at radius 2 is 1.87 bits per heavy atom. The van der Waals surface area contributed by atoms with Crippen LogP contribution in [0.5, 0.6) is 0 Å². The molecule has 2 aliphatic rings. The first-order valence-corrected chi connectivity index (χ1v) is 15.9. The Labute approximate surface area is 264 Å². The smallest absolute Gasteiger partial charge is 0.418 e. The second-order valence-electron chi connectivity index (χ2n) is 11.6. The first kappa shape index (κ1) is 32.6. The maximum atomic E-state index is 14.0. The highest BCUT2D eigenvalue weighted by molar-refractivity contribution is 7.16. The van der Waals surface area contributed by atoms with Gasteiger partial charge in [0.05, 0.1) is 36.2 Å². The highest BCUT2D eigenvalue weighted by Crippen LogP contribution is 2.41. The second kappa shape index (κ2) is 13.7. The number of anilines is 3. The van der Waals surface area contributed by atoms with Crippen molar-refractivity contribution in [1.82, 2.24) is 19.9 Å². The van der Waals surface area contributed by atoms with Crippen molar-refractivity contribution in [1.29, 1.82) is 0 Å². The SMILES string of the molecule is CCOC(=O)C1CCN(c2cnc(C(=O)Nc3nc(-c4ccc(N(C)C)c(C(F)(F)F)c4)c(CN4CCCC4C)s3)cn2)CC1. The van der Waals surface area contributed by atoms with Crippen LogP contribution in [-0.4, -0.2) is 78.1 Å². The molecule has 0 aliphatic carbocycles. The van der Waals surface area contributed by atoms with Gasteiger partial charge in [0.1, 0.15) is 11.5 Å². The van der Waals surface area contributed by atoms with Crippen LogP contribution in [0.2, 0.25) is 0 Å². The third-order valence-corrected chi connectivity index (χ3v) is 9.28. The van der Waals surface area contributed by atoms with Crippen molar-refractivity contribution < 1.29 is 27.5 Å². The Morgan fingerprint density at radius 3 is 2.47 bits per heavy atom. The fraction of sp³-hybridized carbons (Fsp3) is 0.516. The van der Waals surface area contributed by atoms with E-state index in [1.807, 2.05) is 4.90 Å². The van der Waals surface area contributed by atoms with Gasteiger partial charge in [-0.2, -0.15) is 13.2 Å². The molecule has 1 unspecified atom stereocenters. The number of carbonyl (C=O) groups excluding carboxylic acids is 2. The van der Waals surface area contributed by atoms with Gasteiger partial charge in [-0.3, -0.25) is 19.8 Å². The molecule has 0 bridgehead atoms. The van der Waals surface area contributed by atoms with Crippen LogP contribution in [0, 0.1) is 5.92 Å². The largest absolute Gasteiger partial charge is 0.466 e. The summed E-state index contributed by atoms with van der Waals surface area (Å²) in [7, 11) is 3.15. The predicted octanol–water partition coefficient (Wildman–Crippen LogP) is 5.70. The number of benzene rings is 1. The fourth-order valence-electron chi connectivity index (χ4n) is 5.82. The standard InChI is InChI=1S/C31H38F3N7O3S/c1-5-44-29(43)20-10-13-40(14-11-20)26-17-35-23(16-36-26)28(42)38-30-37-27(25(45-30)18-41-12-6-7-19(41)2)21-8-9-24(39(3)4)22(15-21)31(32,33)34/h8-9,15-17,19-20H,5-7,10-14,18H2,1-4H3,(H,37,38,42). The van der Waals surface area contributed by atoms with Crippen LogP contribution < -0.4 is 15.1 Å². The molecule has 1 N–H and O–H groups in total. The van der Waals surface area contributed by atoms with Crippen molar-refractivity contribution in [3.63, 3.8) is 0 Å². The molecule has 45 heavy (non-hydrogen) atoms. The van der Waals surface area contributed by atoms with Gasteiger partial charge in [-0.1, -0.05) is 17.4 Å². The molecule has 10 nitrogen and oxygen atoms in total. The van der Waals surface area contributed by atoms with Crippen molar-refractivity contribution in [2.75, 3.05) is 55.5 Å². The molecular formula is C31H38F3N7O3S. The number of esters is 1. The van der Waals surface area contributed by atoms with Gasteiger partial charge in [0.15, 0.2) is 5.13 Å². The van der Waals surface area contributed by atoms with Crippen LogP contribution in [-0.2, 0) is 22.3 Å². The summed E-state index contributed by atoms with van der Waals surface area (Å²) in [6.45, 7) is 6.93. The minimum Gasteiger partial charge on any atom is -0.466 e. The van der Waals surface area contributed by atoms with Crippen molar-refractivity contribution in [2.45, 2.75) is 58.3 Å². The molecule has 2 aromatic heterocycles. The molecular weight excluding hydrogens is 607 g/mol. The molecule has 0 spiro atoms. The van der Waals surface area contributed by atoms with Crippen LogP contribution >= 0.6 is 11.3 Å². The topological polar surface area (TPSA) is 104 Å². The number of halogens is 3. The average molecular weight is 646 g/mol. The summed E-state index contributed by atoms with van der Waals surface area (Å²) in [4.78, 5) is 45.1. The minimum absolute atomic E-state index is 0.0649. The molecule has 4 heterocycles. The maximum Gasteiger partial charge on any atom is 0.418 e. The summed E-state index contributed by atoms with van der Waals surface area (Å²) in [6, 6.07) is 4.56. The number of nitrogens with zero attached hydrogens (tertiary/aromatic N) is 6. The van der Waals surface area contributed by atoms with E-state index in [1.54, 1.807) is 27.1 Å². The molecule has 1 atom stereocenters. The summed E-state index contributed by atoms with van der Waals surface area (Å²) < 4.78 is 47.2. The number of amides is 1. The third-order valence-electron chi connectivity index (χ3n) is 8.32. The van der Waals surface area contributed by atoms with Gasteiger partial charge in [-0.25, -0.2) is 15.0 Å². The van der Waals surface area contributed by atoms with Crippen LogP contribution in [0.25, 0.3) is 11.3 Å². The lowest BCUT2D eigenvalue weighted by molar-refractivity contribution is -0.148. The number of alkyl halides is 3. The number of aromatic nitrogens is 3. The number of ether oxygens (including phenoxy) is 1. The average Bonchev–Trinajstić information content (AvgIpc) is 3.61. The molecule has 0 saturated carbocycles. The monoisotopic (exact) mass is 645 g/mol. The van der Waals surface area contributed by atoms with Crippen molar-refractivity contribution >= 4 is 39.9 Å². The van der Waals surface area contributed by atoms with Gasteiger partial charge < -0.3 is 14.5 Å². The Hall–Kier alpha value is -3.78. The lowest BCUT2D eigenvalue weighted by Gasteiger charge is -2.31. The summed E-state index contributed by atoms with van der Waals surface area (Å²) in [5, 5.41) is 3.05. The van der Waals surface area contributed by atoms with Gasteiger partial charge >= 0.3 is 12.1 Å². The van der Waals surface area contributed by atoms with E-state index in [9.17, 15) is 22.8 Å². The molecule has 1 aromatic carbocycles. The number of carbonyl (C=O) groups is 2. The summed E-state index contributed by atoms with van der Waals surface area (Å²) in [5.74, 6) is -0.221. The summed E-state index contributed by atoms with van der Waals surface area (Å²) in [6.07, 6.45) is 1.76. The van der Waals surface area contributed by atoms with Gasteiger partial charge in [0.2, 0.25) is 0 Å². The fourth-order valence-corrected chi connectivity index (χ4v) is 6.82. The van der Waals surface area contributed by atoms with E-state index in [4.69, 9.17) is 4.74 Å². The first-order valence-electron chi connectivity index (χ1n) is 15.1. The van der Waals surface area contributed by atoms with Crippen molar-refractivity contribution in [3.05, 3.63) is 46.7 Å². The summed E-state index contributed by atoms with van der Waals surface area (Å²) in [5.41, 5.74) is 0.154. The third kappa shape index (κ3) is 7.55. The number of rotatable bonds is 9. The maximum absolute atomic E-state index is 14.0. The van der Waals surface area contributed by atoms with Gasteiger partial charge in [0, 0.05) is 55.9 Å². The molecule has 2 saturated heterocycles. The molecule has 1 amide bonds. The number of thiazole rings is 1. The van der Waals surface area contributed by atoms with E-state index in [2.05, 4.69) is 32.1 Å². The predicted molar refractivity (Wildman–Crippen MR) is 168 cm³/mol. The minimum atomic E-state index is -4.55. The molecule has 2 fully saturated rings. The zero-order valence-corrected chi connectivity index (χ0v) is 26.7. The van der Waals surface area contributed by atoms with Crippen LogP contribution in [0.15, 0.2) is 30.6 Å². The van der Waals surface area contributed by atoms with Gasteiger partial charge in [-0.05, 0) is 58.2 Å².